The summed E-state index contributed by atoms with van der Waals surface area (Å²) in [6.07, 6.45) is 2.49. The van der Waals surface area contributed by atoms with Gasteiger partial charge in [-0.3, -0.25) is 0 Å². The topological polar surface area (TPSA) is 65.8 Å². The van der Waals surface area contributed by atoms with Gasteiger partial charge in [0.25, 0.3) is 5.88 Å². The zero-order valence-corrected chi connectivity index (χ0v) is 15.8. The quantitative estimate of drug-likeness (QED) is 0.301. The largest absolute Gasteiger partial charge is 0.490 e. The number of rotatable bonds is 8. The average molecular weight is 402 g/mol. The summed E-state index contributed by atoms with van der Waals surface area (Å²) in [6.45, 7) is 2.59. The van der Waals surface area contributed by atoms with Crippen molar-refractivity contribution in [3.05, 3.63) is 77.0 Å². The molecule has 0 radical (unpaired) electrons. The van der Waals surface area contributed by atoms with E-state index in [1.807, 2.05) is 37.3 Å². The Morgan fingerprint density at radius 3 is 2.75 bits per heavy atom. The number of aromatic nitrogens is 2. The molecule has 1 aromatic heterocycles. The molecule has 8 heteroatoms. The van der Waals surface area contributed by atoms with Crippen LogP contribution in [0.1, 0.15) is 18.1 Å². The van der Waals surface area contributed by atoms with E-state index in [2.05, 4.69) is 15.1 Å². The van der Waals surface area contributed by atoms with Gasteiger partial charge < -0.3 is 14.3 Å². The van der Waals surface area contributed by atoms with E-state index in [1.54, 1.807) is 24.4 Å². The van der Waals surface area contributed by atoms with E-state index < -0.39 is 5.82 Å². The summed E-state index contributed by atoms with van der Waals surface area (Å²) in [5, 5.41) is 3.84. The minimum Gasteiger partial charge on any atom is -0.490 e. The number of ether oxygens (including phenoxy) is 2. The Bertz CT molecular complexity index is 955. The lowest BCUT2D eigenvalue weighted by atomic mass is 10.2. The highest BCUT2D eigenvalue weighted by Gasteiger charge is 2.13. The van der Waals surface area contributed by atoms with Gasteiger partial charge in [0.1, 0.15) is 6.61 Å². The van der Waals surface area contributed by atoms with E-state index in [0.717, 1.165) is 17.3 Å². The van der Waals surface area contributed by atoms with Crippen LogP contribution in [-0.4, -0.2) is 22.8 Å². The van der Waals surface area contributed by atoms with E-state index in [4.69, 9.17) is 25.9 Å². The molecule has 144 valence electrons. The van der Waals surface area contributed by atoms with Crippen molar-refractivity contribution in [1.29, 1.82) is 0 Å². The summed E-state index contributed by atoms with van der Waals surface area (Å²) in [4.78, 5) is 12.6. The molecule has 3 aromatic rings. The van der Waals surface area contributed by atoms with Crippen molar-refractivity contribution < 1.29 is 18.7 Å². The fraction of sp³-hybridized carbons (Fsp3) is 0.150. The van der Waals surface area contributed by atoms with E-state index >= 15 is 0 Å². The Balaban J connectivity index is 1.71. The molecule has 1 heterocycles. The first kappa shape index (κ1) is 19.6. The number of benzene rings is 2. The second-order valence-electron chi connectivity index (χ2n) is 5.53. The Morgan fingerprint density at radius 1 is 1.14 bits per heavy atom. The van der Waals surface area contributed by atoms with E-state index in [0.29, 0.717) is 19.0 Å². The number of hydrogen-bond acceptors (Lipinski definition) is 6. The normalized spacial score (nSPS) is 10.8. The zero-order chi connectivity index (χ0) is 19.8. The molecule has 3 rings (SSSR count). The van der Waals surface area contributed by atoms with Crippen molar-refractivity contribution in [2.24, 2.45) is 5.16 Å². The van der Waals surface area contributed by atoms with Gasteiger partial charge in [0, 0.05) is 5.56 Å². The van der Waals surface area contributed by atoms with Crippen LogP contribution in [0.15, 0.2) is 59.9 Å². The minimum absolute atomic E-state index is 0.117. The maximum atomic E-state index is 13.8. The highest BCUT2D eigenvalue weighted by atomic mass is 35.5. The van der Waals surface area contributed by atoms with Gasteiger partial charge in [0.15, 0.2) is 11.5 Å². The summed E-state index contributed by atoms with van der Waals surface area (Å²) in [6, 6.07) is 14.8. The molecule has 0 saturated heterocycles. The second kappa shape index (κ2) is 9.66. The number of nitrogens with zero attached hydrogens (tertiary/aromatic N) is 3. The summed E-state index contributed by atoms with van der Waals surface area (Å²) >= 11 is 5.69. The molecule has 0 amide bonds. The first-order chi connectivity index (χ1) is 13.7. The monoisotopic (exact) mass is 401 g/mol. The van der Waals surface area contributed by atoms with Gasteiger partial charge in [0.2, 0.25) is 11.1 Å². The van der Waals surface area contributed by atoms with Gasteiger partial charge in [-0.2, -0.15) is 9.37 Å². The van der Waals surface area contributed by atoms with Gasteiger partial charge in [-0.1, -0.05) is 35.5 Å². The number of oxime groups is 1. The molecule has 0 aliphatic rings. The lowest BCUT2D eigenvalue weighted by Crippen LogP contribution is -1.99. The van der Waals surface area contributed by atoms with E-state index in [9.17, 15) is 4.39 Å². The predicted molar refractivity (Wildman–Crippen MR) is 104 cm³/mol. The van der Waals surface area contributed by atoms with Crippen LogP contribution >= 0.6 is 11.6 Å². The Morgan fingerprint density at radius 2 is 1.96 bits per heavy atom. The molecular weight excluding hydrogens is 385 g/mol. The van der Waals surface area contributed by atoms with Crippen LogP contribution in [0.4, 0.5) is 4.39 Å². The molecule has 28 heavy (non-hydrogen) atoms. The average Bonchev–Trinajstić information content (AvgIpc) is 2.71. The third-order valence-electron chi connectivity index (χ3n) is 3.51. The van der Waals surface area contributed by atoms with Crippen molar-refractivity contribution in [1.82, 2.24) is 9.97 Å². The van der Waals surface area contributed by atoms with E-state index in [1.165, 1.54) is 0 Å². The molecule has 0 atom stereocenters. The SMILES string of the molecule is CCOc1cc(C=NOCc2ccccc2)ccc1Oc1nc(Cl)ncc1F. The maximum Gasteiger partial charge on any atom is 0.260 e. The molecule has 0 bridgehead atoms. The number of hydrogen-bond donors (Lipinski definition) is 0. The second-order valence-corrected chi connectivity index (χ2v) is 5.86. The van der Waals surface area contributed by atoms with Crippen molar-refractivity contribution in [2.45, 2.75) is 13.5 Å². The van der Waals surface area contributed by atoms with Gasteiger partial charge in [-0.05, 0) is 42.3 Å². The smallest absolute Gasteiger partial charge is 0.260 e. The van der Waals surface area contributed by atoms with Crippen molar-refractivity contribution in [3.63, 3.8) is 0 Å². The highest BCUT2D eigenvalue weighted by Crippen LogP contribution is 2.32. The Labute approximate surface area is 166 Å². The maximum absolute atomic E-state index is 13.8. The Kier molecular flexibility index (Phi) is 6.75. The molecule has 0 aliphatic carbocycles. The summed E-state index contributed by atoms with van der Waals surface area (Å²) < 4.78 is 24.9. The van der Waals surface area contributed by atoms with Gasteiger partial charge in [-0.25, -0.2) is 4.98 Å². The van der Waals surface area contributed by atoms with Crippen LogP contribution < -0.4 is 9.47 Å². The first-order valence-electron chi connectivity index (χ1n) is 8.47. The lowest BCUT2D eigenvalue weighted by Gasteiger charge is -2.12. The summed E-state index contributed by atoms with van der Waals surface area (Å²) in [5.74, 6) is -0.318. The summed E-state index contributed by atoms with van der Waals surface area (Å²) in [7, 11) is 0. The van der Waals surface area contributed by atoms with Crippen molar-refractivity contribution in [3.8, 4) is 17.4 Å². The third kappa shape index (κ3) is 5.40. The van der Waals surface area contributed by atoms with Crippen LogP contribution in [0.2, 0.25) is 5.28 Å². The molecule has 0 spiro atoms. The molecule has 0 saturated carbocycles. The van der Waals surface area contributed by atoms with E-state index in [-0.39, 0.29) is 16.9 Å². The number of halogens is 2. The third-order valence-corrected chi connectivity index (χ3v) is 3.69. The van der Waals surface area contributed by atoms with Crippen molar-refractivity contribution in [2.75, 3.05) is 6.61 Å². The minimum atomic E-state index is -0.730. The van der Waals surface area contributed by atoms with Crippen LogP contribution in [0.3, 0.4) is 0 Å². The van der Waals surface area contributed by atoms with Gasteiger partial charge in [0.05, 0.1) is 19.0 Å². The van der Waals surface area contributed by atoms with Gasteiger partial charge in [-0.15, -0.1) is 0 Å². The molecular formula is C20H17ClFN3O3. The molecule has 0 aliphatic heterocycles. The van der Waals surface area contributed by atoms with Crippen LogP contribution in [0, 0.1) is 5.82 Å². The Hall–Kier alpha value is -3.19. The fourth-order valence-electron chi connectivity index (χ4n) is 2.25. The van der Waals surface area contributed by atoms with Gasteiger partial charge >= 0.3 is 0 Å². The first-order valence-corrected chi connectivity index (χ1v) is 8.85. The molecule has 0 N–H and O–H groups in total. The van der Waals surface area contributed by atoms with Crippen LogP contribution in [0.25, 0.3) is 0 Å². The molecule has 6 nitrogen and oxygen atoms in total. The van der Waals surface area contributed by atoms with Crippen LogP contribution in [-0.2, 0) is 11.4 Å². The van der Waals surface area contributed by atoms with Crippen LogP contribution in [0.5, 0.6) is 17.4 Å². The molecule has 0 fully saturated rings. The highest BCUT2D eigenvalue weighted by molar-refractivity contribution is 6.28. The standard InChI is InChI=1S/C20H17ClFN3O3/c1-2-26-18-10-15(11-24-27-13-14-6-4-3-5-7-14)8-9-17(18)28-19-16(22)12-23-20(21)25-19/h3-12H,2,13H2,1H3. The summed E-state index contributed by atoms with van der Waals surface area (Å²) in [5.41, 5.74) is 1.74. The zero-order valence-electron chi connectivity index (χ0n) is 15.0. The van der Waals surface area contributed by atoms with Crippen molar-refractivity contribution >= 4 is 17.8 Å². The molecule has 0 unspecified atom stereocenters. The fourth-order valence-corrected chi connectivity index (χ4v) is 2.37. The predicted octanol–water partition coefficient (Wildman–Crippen LogP) is 5.01. The molecule has 2 aromatic carbocycles. The lowest BCUT2D eigenvalue weighted by molar-refractivity contribution is 0.132.